The predicted molar refractivity (Wildman–Crippen MR) is 95.6 cm³/mol. The Labute approximate surface area is 151 Å². The Morgan fingerprint density at radius 1 is 1.23 bits per heavy atom. The van der Waals surface area contributed by atoms with Gasteiger partial charge in [0.2, 0.25) is 0 Å². The molecule has 0 bridgehead atoms. The number of nitrogens with zero attached hydrogens (tertiary/aromatic N) is 2. The van der Waals surface area contributed by atoms with E-state index in [2.05, 4.69) is 25.3 Å². The van der Waals surface area contributed by atoms with Crippen LogP contribution in [0.4, 0.5) is 8.78 Å². The number of rotatable bonds is 7. The third-order valence-electron chi connectivity index (χ3n) is 3.69. The number of ether oxygens (including phenoxy) is 2. The molecule has 0 atom stereocenters. The summed E-state index contributed by atoms with van der Waals surface area (Å²) in [5, 5.41) is 6.21. The monoisotopic (exact) mass is 364 g/mol. The summed E-state index contributed by atoms with van der Waals surface area (Å²) in [6.45, 7) is -0.193. The van der Waals surface area contributed by atoms with Crippen LogP contribution in [-0.4, -0.2) is 31.7 Å². The van der Waals surface area contributed by atoms with E-state index in [0.29, 0.717) is 23.8 Å². The molecule has 0 fully saturated rings. The van der Waals surface area contributed by atoms with Crippen molar-refractivity contribution in [3.8, 4) is 11.5 Å². The number of benzene rings is 1. The summed E-state index contributed by atoms with van der Waals surface area (Å²) in [5.41, 5.74) is 2.50. The van der Waals surface area contributed by atoms with E-state index in [4.69, 9.17) is 4.74 Å². The number of pyridine rings is 1. The Morgan fingerprint density at radius 2 is 2.00 bits per heavy atom. The Bertz CT molecular complexity index is 754. The van der Waals surface area contributed by atoms with Gasteiger partial charge in [0, 0.05) is 25.4 Å². The van der Waals surface area contributed by atoms with Crippen molar-refractivity contribution in [1.82, 2.24) is 15.6 Å². The van der Waals surface area contributed by atoms with Gasteiger partial charge in [0.15, 0.2) is 5.96 Å². The minimum absolute atomic E-state index is 0.0873. The Balaban J connectivity index is 2.02. The Kier molecular flexibility index (Phi) is 7.13. The van der Waals surface area contributed by atoms with Gasteiger partial charge in [-0.15, -0.1) is 0 Å². The van der Waals surface area contributed by atoms with E-state index in [0.717, 1.165) is 11.3 Å². The zero-order valence-electron chi connectivity index (χ0n) is 14.9. The molecule has 0 saturated heterocycles. The molecule has 0 unspecified atom stereocenters. The maximum absolute atomic E-state index is 12.6. The number of alkyl halides is 2. The summed E-state index contributed by atoms with van der Waals surface area (Å²) in [7, 11) is 3.14. The van der Waals surface area contributed by atoms with E-state index in [1.54, 1.807) is 25.4 Å². The third-order valence-corrected chi connectivity index (χ3v) is 3.69. The van der Waals surface area contributed by atoms with Gasteiger partial charge in [0.1, 0.15) is 11.5 Å². The first-order valence-corrected chi connectivity index (χ1v) is 8.00. The number of guanidine groups is 1. The maximum atomic E-state index is 12.6. The van der Waals surface area contributed by atoms with Crippen molar-refractivity contribution < 1.29 is 18.3 Å². The molecule has 1 aromatic heterocycles. The SMILES string of the molecule is CN=C(NCc1cc(OC)ccc1OC(F)F)NCc1ncccc1C. The van der Waals surface area contributed by atoms with E-state index in [1.807, 2.05) is 19.1 Å². The highest BCUT2D eigenvalue weighted by Crippen LogP contribution is 2.25. The second-order valence-electron chi connectivity index (χ2n) is 5.40. The molecule has 0 aliphatic rings. The molecule has 0 aliphatic heterocycles. The van der Waals surface area contributed by atoms with Crippen molar-refractivity contribution in [2.45, 2.75) is 26.6 Å². The largest absolute Gasteiger partial charge is 0.497 e. The van der Waals surface area contributed by atoms with Crippen molar-refractivity contribution in [3.05, 3.63) is 53.3 Å². The van der Waals surface area contributed by atoms with E-state index >= 15 is 0 Å². The van der Waals surface area contributed by atoms with E-state index in [9.17, 15) is 8.78 Å². The van der Waals surface area contributed by atoms with Crippen LogP contribution < -0.4 is 20.1 Å². The normalized spacial score (nSPS) is 11.4. The van der Waals surface area contributed by atoms with Crippen LogP contribution in [0, 0.1) is 6.92 Å². The first-order valence-electron chi connectivity index (χ1n) is 8.00. The molecule has 6 nitrogen and oxygen atoms in total. The summed E-state index contributed by atoms with van der Waals surface area (Å²) in [5.74, 6) is 1.15. The molecule has 0 amide bonds. The highest BCUT2D eigenvalue weighted by molar-refractivity contribution is 5.79. The lowest BCUT2D eigenvalue weighted by atomic mass is 10.2. The molecule has 140 valence electrons. The predicted octanol–water partition coefficient (Wildman–Crippen LogP) is 2.87. The number of halogens is 2. The molecule has 2 aromatic rings. The molecule has 0 radical (unpaired) electrons. The number of aliphatic imine (C=N–C) groups is 1. The fourth-order valence-corrected chi connectivity index (χ4v) is 2.30. The molecule has 1 heterocycles. The number of aromatic nitrogens is 1. The first-order chi connectivity index (χ1) is 12.5. The number of hydrogen-bond acceptors (Lipinski definition) is 4. The lowest BCUT2D eigenvalue weighted by Crippen LogP contribution is -2.36. The quantitative estimate of drug-likeness (QED) is 0.584. The summed E-state index contributed by atoms with van der Waals surface area (Å²) in [6.07, 6.45) is 1.73. The fraction of sp³-hybridized carbons (Fsp3) is 0.333. The van der Waals surface area contributed by atoms with Crippen molar-refractivity contribution in [2.24, 2.45) is 4.99 Å². The standard InChI is InChI=1S/C18H22F2N4O2/c1-12-5-4-8-22-15(12)11-24-18(21-2)23-10-13-9-14(25-3)6-7-16(13)26-17(19)20/h4-9,17H,10-11H2,1-3H3,(H2,21,23,24). The van der Waals surface area contributed by atoms with Gasteiger partial charge in [0.25, 0.3) is 0 Å². The van der Waals surface area contributed by atoms with Gasteiger partial charge in [0.05, 0.1) is 19.3 Å². The molecule has 26 heavy (non-hydrogen) atoms. The molecule has 0 saturated carbocycles. The van der Waals surface area contributed by atoms with Crippen LogP contribution >= 0.6 is 0 Å². The maximum Gasteiger partial charge on any atom is 0.387 e. The highest BCUT2D eigenvalue weighted by atomic mass is 19.3. The lowest BCUT2D eigenvalue weighted by Gasteiger charge is -2.15. The lowest BCUT2D eigenvalue weighted by molar-refractivity contribution is -0.0504. The number of methoxy groups -OCH3 is 1. The Morgan fingerprint density at radius 3 is 2.65 bits per heavy atom. The molecule has 2 N–H and O–H groups in total. The second kappa shape index (κ2) is 9.55. The second-order valence-corrected chi connectivity index (χ2v) is 5.40. The third kappa shape index (κ3) is 5.58. The number of hydrogen-bond donors (Lipinski definition) is 2. The van der Waals surface area contributed by atoms with Crippen molar-refractivity contribution in [1.29, 1.82) is 0 Å². The molecular weight excluding hydrogens is 342 g/mol. The van der Waals surface area contributed by atoms with Gasteiger partial charge in [-0.1, -0.05) is 6.07 Å². The molecule has 1 aromatic carbocycles. The average molecular weight is 364 g/mol. The van der Waals surface area contributed by atoms with Gasteiger partial charge >= 0.3 is 6.61 Å². The average Bonchev–Trinajstić information content (AvgIpc) is 2.63. The van der Waals surface area contributed by atoms with Crippen LogP contribution in [0.15, 0.2) is 41.5 Å². The van der Waals surface area contributed by atoms with Crippen molar-refractivity contribution in [2.75, 3.05) is 14.2 Å². The van der Waals surface area contributed by atoms with Crippen LogP contribution in [-0.2, 0) is 13.1 Å². The number of nitrogens with one attached hydrogen (secondary N) is 2. The first kappa shape index (κ1) is 19.4. The van der Waals surface area contributed by atoms with Gasteiger partial charge in [-0.3, -0.25) is 9.98 Å². The summed E-state index contributed by atoms with van der Waals surface area (Å²) in [4.78, 5) is 8.43. The molecular formula is C18H22F2N4O2. The smallest absolute Gasteiger partial charge is 0.387 e. The Hall–Kier alpha value is -2.90. The van der Waals surface area contributed by atoms with Crippen molar-refractivity contribution >= 4 is 5.96 Å². The zero-order valence-corrected chi connectivity index (χ0v) is 14.9. The van der Waals surface area contributed by atoms with E-state index in [-0.39, 0.29) is 12.3 Å². The zero-order chi connectivity index (χ0) is 18.9. The summed E-state index contributed by atoms with van der Waals surface area (Å²) in [6, 6.07) is 8.51. The fourth-order valence-electron chi connectivity index (χ4n) is 2.30. The molecule has 0 aliphatic carbocycles. The minimum Gasteiger partial charge on any atom is -0.497 e. The van der Waals surface area contributed by atoms with E-state index in [1.165, 1.54) is 13.2 Å². The van der Waals surface area contributed by atoms with E-state index < -0.39 is 6.61 Å². The minimum atomic E-state index is -2.90. The van der Waals surface area contributed by atoms with Gasteiger partial charge < -0.3 is 20.1 Å². The van der Waals surface area contributed by atoms with Gasteiger partial charge in [-0.2, -0.15) is 8.78 Å². The van der Waals surface area contributed by atoms with Crippen molar-refractivity contribution in [3.63, 3.8) is 0 Å². The highest BCUT2D eigenvalue weighted by Gasteiger charge is 2.12. The topological polar surface area (TPSA) is 67.8 Å². The van der Waals surface area contributed by atoms with Crippen LogP contribution in [0.3, 0.4) is 0 Å². The summed E-state index contributed by atoms with van der Waals surface area (Å²) < 4.78 is 34.9. The van der Waals surface area contributed by atoms with Crippen LogP contribution in [0.2, 0.25) is 0 Å². The van der Waals surface area contributed by atoms with Crippen LogP contribution in [0.1, 0.15) is 16.8 Å². The van der Waals surface area contributed by atoms with Crippen LogP contribution in [0.5, 0.6) is 11.5 Å². The molecule has 2 rings (SSSR count). The van der Waals surface area contributed by atoms with Gasteiger partial charge in [-0.25, -0.2) is 0 Å². The molecule has 8 heteroatoms. The molecule has 0 spiro atoms. The van der Waals surface area contributed by atoms with Gasteiger partial charge in [-0.05, 0) is 36.8 Å². The van der Waals surface area contributed by atoms with Crippen LogP contribution in [0.25, 0.3) is 0 Å². The summed E-state index contributed by atoms with van der Waals surface area (Å²) >= 11 is 0. The number of aryl methyl sites for hydroxylation is 1.